The van der Waals surface area contributed by atoms with Crippen LogP contribution in [0.25, 0.3) is 0 Å². The van der Waals surface area contributed by atoms with Gasteiger partial charge in [0.2, 0.25) is 0 Å². The second-order valence-electron chi connectivity index (χ2n) is 3.41. The summed E-state index contributed by atoms with van der Waals surface area (Å²) < 4.78 is 0. The van der Waals surface area contributed by atoms with Crippen molar-refractivity contribution < 1.29 is 0 Å². The van der Waals surface area contributed by atoms with Crippen molar-refractivity contribution in [3.8, 4) is 0 Å². The Bertz CT molecular complexity index is 228. The lowest BCUT2D eigenvalue weighted by Gasteiger charge is -1.91. The van der Waals surface area contributed by atoms with Gasteiger partial charge in [-0.2, -0.15) is 0 Å². The van der Waals surface area contributed by atoms with E-state index in [0.29, 0.717) is 0 Å². The minimum Gasteiger partial charge on any atom is -0.0885 e. The van der Waals surface area contributed by atoms with Gasteiger partial charge in [0, 0.05) is 6.42 Å². The van der Waals surface area contributed by atoms with Crippen molar-refractivity contribution >= 4 is 0 Å². The SMILES string of the molecule is [CH]1/C=C/C=C\CC/C=C/CCC/C=C/1. The van der Waals surface area contributed by atoms with Gasteiger partial charge in [-0.25, -0.2) is 0 Å². The lowest BCUT2D eigenvalue weighted by Crippen LogP contribution is -1.71. The third-order valence-electron chi connectivity index (χ3n) is 2.12. The monoisotopic (exact) mass is 187 g/mol. The van der Waals surface area contributed by atoms with E-state index in [9.17, 15) is 0 Å². The van der Waals surface area contributed by atoms with Gasteiger partial charge >= 0.3 is 0 Å². The maximum absolute atomic E-state index is 2.30. The summed E-state index contributed by atoms with van der Waals surface area (Å²) in [5, 5.41) is 0. The van der Waals surface area contributed by atoms with Crippen LogP contribution in [0.3, 0.4) is 0 Å². The first-order chi connectivity index (χ1) is 7.00. The van der Waals surface area contributed by atoms with E-state index in [4.69, 9.17) is 0 Å². The van der Waals surface area contributed by atoms with Crippen molar-refractivity contribution in [3.05, 3.63) is 55.0 Å². The smallest absolute Gasteiger partial charge is 0.00473 e. The largest absolute Gasteiger partial charge is 0.0885 e. The molecule has 1 aliphatic rings. The highest BCUT2D eigenvalue weighted by molar-refractivity contribution is 5.14. The molecule has 0 aromatic rings. The highest BCUT2D eigenvalue weighted by Gasteiger charge is 1.82. The molecule has 1 radical (unpaired) electrons. The number of hydrogen-bond acceptors (Lipinski definition) is 0. The van der Waals surface area contributed by atoms with Crippen LogP contribution in [0.15, 0.2) is 48.6 Å². The first-order valence-corrected chi connectivity index (χ1v) is 5.47. The van der Waals surface area contributed by atoms with Crippen molar-refractivity contribution in [1.29, 1.82) is 0 Å². The summed E-state index contributed by atoms with van der Waals surface area (Å²) in [6, 6.07) is 0. The standard InChI is InChI=1S/C14H19/c1-2-4-6-8-10-12-14-13-11-9-7-5-3-1/h1-7,12,14H,8-11,13H2/b2-1+,6-4-,7-5+,14-12+. The van der Waals surface area contributed by atoms with Gasteiger partial charge in [0.05, 0.1) is 0 Å². The summed E-state index contributed by atoms with van der Waals surface area (Å²) in [6.07, 6.45) is 25.5. The van der Waals surface area contributed by atoms with E-state index in [2.05, 4.69) is 55.0 Å². The predicted octanol–water partition coefficient (Wildman–Crippen LogP) is 4.38. The van der Waals surface area contributed by atoms with Gasteiger partial charge in [-0.3, -0.25) is 0 Å². The molecule has 0 amide bonds. The molecule has 0 unspecified atom stereocenters. The molecule has 1 rings (SSSR count). The van der Waals surface area contributed by atoms with Crippen LogP contribution >= 0.6 is 0 Å². The van der Waals surface area contributed by atoms with Crippen LogP contribution in [0.5, 0.6) is 0 Å². The van der Waals surface area contributed by atoms with Crippen molar-refractivity contribution in [3.63, 3.8) is 0 Å². The number of allylic oxidation sites excluding steroid dienone is 8. The van der Waals surface area contributed by atoms with Crippen LogP contribution in [0.4, 0.5) is 0 Å². The second kappa shape index (κ2) is 8.55. The molecule has 0 heterocycles. The fourth-order valence-electron chi connectivity index (χ4n) is 1.32. The lowest BCUT2D eigenvalue weighted by atomic mass is 10.2. The van der Waals surface area contributed by atoms with Crippen LogP contribution in [-0.2, 0) is 0 Å². The van der Waals surface area contributed by atoms with Crippen LogP contribution in [0.1, 0.15) is 32.1 Å². The van der Waals surface area contributed by atoms with Gasteiger partial charge in [0.25, 0.3) is 0 Å². The Morgan fingerprint density at radius 3 is 2.21 bits per heavy atom. The molecular formula is C14H19. The van der Waals surface area contributed by atoms with E-state index >= 15 is 0 Å². The normalized spacial score (nSPS) is 28.6. The van der Waals surface area contributed by atoms with Crippen molar-refractivity contribution in [2.24, 2.45) is 0 Å². The highest BCUT2D eigenvalue weighted by atomic mass is 13.9. The van der Waals surface area contributed by atoms with Gasteiger partial charge in [-0.05, 0) is 32.1 Å². The summed E-state index contributed by atoms with van der Waals surface area (Å²) >= 11 is 0. The number of rotatable bonds is 0. The molecule has 0 aromatic carbocycles. The van der Waals surface area contributed by atoms with E-state index in [0.717, 1.165) is 6.42 Å². The fourth-order valence-corrected chi connectivity index (χ4v) is 1.32. The molecule has 0 aliphatic heterocycles. The molecule has 0 saturated heterocycles. The zero-order valence-electron chi connectivity index (χ0n) is 8.73. The highest BCUT2D eigenvalue weighted by Crippen LogP contribution is 2.02. The molecule has 14 heavy (non-hydrogen) atoms. The maximum atomic E-state index is 2.30. The van der Waals surface area contributed by atoms with E-state index in [-0.39, 0.29) is 0 Å². The van der Waals surface area contributed by atoms with Gasteiger partial charge in [-0.15, -0.1) is 0 Å². The average molecular weight is 187 g/mol. The van der Waals surface area contributed by atoms with Gasteiger partial charge in [0.15, 0.2) is 0 Å². The van der Waals surface area contributed by atoms with Crippen LogP contribution < -0.4 is 0 Å². The molecule has 0 saturated carbocycles. The third-order valence-corrected chi connectivity index (χ3v) is 2.12. The van der Waals surface area contributed by atoms with Crippen LogP contribution in [-0.4, -0.2) is 0 Å². The van der Waals surface area contributed by atoms with Crippen molar-refractivity contribution in [2.45, 2.75) is 32.1 Å². The molecule has 0 N–H and O–H groups in total. The Hall–Kier alpha value is -1.04. The molecule has 0 nitrogen and oxygen atoms in total. The average Bonchev–Trinajstić information content (AvgIpc) is 2.22. The summed E-state index contributed by atoms with van der Waals surface area (Å²) in [4.78, 5) is 0. The molecule has 0 aromatic heterocycles. The summed E-state index contributed by atoms with van der Waals surface area (Å²) in [5.41, 5.74) is 0. The summed E-state index contributed by atoms with van der Waals surface area (Å²) in [6.45, 7) is 0. The van der Waals surface area contributed by atoms with E-state index in [1.807, 2.05) is 0 Å². The molecule has 0 bridgehead atoms. The molecule has 75 valence electrons. The van der Waals surface area contributed by atoms with Crippen LogP contribution in [0, 0.1) is 6.42 Å². The maximum Gasteiger partial charge on any atom is 0.00473 e. The quantitative estimate of drug-likeness (QED) is 0.494. The Kier molecular flexibility index (Phi) is 6.74. The van der Waals surface area contributed by atoms with E-state index in [1.165, 1.54) is 25.7 Å². The minimum absolute atomic E-state index is 1.15. The molecule has 1 aliphatic carbocycles. The van der Waals surface area contributed by atoms with Crippen LogP contribution in [0.2, 0.25) is 0 Å². The Morgan fingerprint density at radius 2 is 1.21 bits per heavy atom. The molecule has 0 heteroatoms. The van der Waals surface area contributed by atoms with Crippen molar-refractivity contribution in [1.82, 2.24) is 0 Å². The Morgan fingerprint density at radius 1 is 0.500 bits per heavy atom. The number of hydrogen-bond donors (Lipinski definition) is 0. The molecule has 0 fully saturated rings. The van der Waals surface area contributed by atoms with E-state index in [1.54, 1.807) is 0 Å². The van der Waals surface area contributed by atoms with E-state index < -0.39 is 0 Å². The zero-order chi connectivity index (χ0) is 9.90. The molecule has 0 atom stereocenters. The summed E-state index contributed by atoms with van der Waals surface area (Å²) in [7, 11) is 0. The fraction of sp³-hybridized carbons (Fsp3) is 0.357. The van der Waals surface area contributed by atoms with Gasteiger partial charge in [-0.1, -0.05) is 48.6 Å². The Labute approximate surface area is 87.7 Å². The second-order valence-corrected chi connectivity index (χ2v) is 3.41. The van der Waals surface area contributed by atoms with Crippen molar-refractivity contribution in [2.75, 3.05) is 0 Å². The lowest BCUT2D eigenvalue weighted by molar-refractivity contribution is 0.862. The predicted molar refractivity (Wildman–Crippen MR) is 63.9 cm³/mol. The molecule has 0 spiro atoms. The first kappa shape index (κ1) is 11.0. The third kappa shape index (κ3) is 6.47. The minimum atomic E-state index is 1.15. The molecular weight excluding hydrogens is 168 g/mol. The Balaban J connectivity index is 2.35. The van der Waals surface area contributed by atoms with Gasteiger partial charge in [0.1, 0.15) is 0 Å². The first-order valence-electron chi connectivity index (χ1n) is 5.47. The zero-order valence-corrected chi connectivity index (χ0v) is 8.73. The van der Waals surface area contributed by atoms with Gasteiger partial charge < -0.3 is 0 Å². The summed E-state index contributed by atoms with van der Waals surface area (Å²) in [5.74, 6) is 0. The topological polar surface area (TPSA) is 0 Å².